The molecule has 1 aliphatic carbocycles. The monoisotopic (exact) mass is 227 g/mol. The number of hydrogen-bond donors (Lipinski definition) is 2. The number of hydrogen-bond acceptors (Lipinski definition) is 2. The van der Waals surface area contributed by atoms with Gasteiger partial charge in [0.25, 0.3) is 0 Å². The van der Waals surface area contributed by atoms with E-state index < -0.39 is 0 Å². The summed E-state index contributed by atoms with van der Waals surface area (Å²) in [5.41, 5.74) is 0.848. The summed E-state index contributed by atoms with van der Waals surface area (Å²) in [6.07, 6.45) is 4.77. The molecule has 0 aromatic heterocycles. The summed E-state index contributed by atoms with van der Waals surface area (Å²) >= 11 is 0. The topological polar surface area (TPSA) is 32.3 Å². The van der Waals surface area contributed by atoms with Crippen LogP contribution in [0.15, 0.2) is 0 Å². The molecule has 0 aliphatic heterocycles. The molecule has 2 heteroatoms. The molecule has 96 valence electrons. The minimum absolute atomic E-state index is 0.258. The van der Waals surface area contributed by atoms with Crippen LogP contribution in [0.4, 0.5) is 0 Å². The molecule has 0 saturated heterocycles. The van der Waals surface area contributed by atoms with Gasteiger partial charge in [0.05, 0.1) is 6.61 Å². The molecule has 0 unspecified atom stereocenters. The molecule has 1 fully saturated rings. The lowest BCUT2D eigenvalue weighted by Gasteiger charge is -2.46. The molecule has 1 aliphatic rings. The SMILES string of the molecule is CC[C@H](CO)NC1CC(C)(C)CC(C)(C)C1. The van der Waals surface area contributed by atoms with Crippen LogP contribution in [0.3, 0.4) is 0 Å². The van der Waals surface area contributed by atoms with Gasteiger partial charge in [-0.05, 0) is 36.5 Å². The molecular weight excluding hydrogens is 198 g/mol. The first-order valence-electron chi connectivity index (χ1n) is 6.65. The molecule has 16 heavy (non-hydrogen) atoms. The van der Waals surface area contributed by atoms with Gasteiger partial charge in [0, 0.05) is 12.1 Å². The van der Waals surface area contributed by atoms with Crippen LogP contribution < -0.4 is 5.32 Å². The van der Waals surface area contributed by atoms with Gasteiger partial charge >= 0.3 is 0 Å². The maximum Gasteiger partial charge on any atom is 0.0584 e. The molecule has 0 heterocycles. The maximum atomic E-state index is 9.25. The van der Waals surface area contributed by atoms with Crippen molar-refractivity contribution in [2.75, 3.05) is 6.61 Å². The number of rotatable bonds is 4. The van der Waals surface area contributed by atoms with Crippen molar-refractivity contribution in [3.05, 3.63) is 0 Å². The van der Waals surface area contributed by atoms with E-state index in [4.69, 9.17) is 0 Å². The third-order valence-electron chi connectivity index (χ3n) is 3.74. The van der Waals surface area contributed by atoms with Gasteiger partial charge in [-0.3, -0.25) is 0 Å². The summed E-state index contributed by atoms with van der Waals surface area (Å²) in [7, 11) is 0. The lowest BCUT2D eigenvalue weighted by molar-refractivity contribution is 0.0746. The average Bonchev–Trinajstić information content (AvgIpc) is 2.09. The first kappa shape index (κ1) is 14.0. The summed E-state index contributed by atoms with van der Waals surface area (Å²) in [6.45, 7) is 11.8. The van der Waals surface area contributed by atoms with Crippen LogP contribution >= 0.6 is 0 Å². The van der Waals surface area contributed by atoms with Gasteiger partial charge in [-0.2, -0.15) is 0 Å². The van der Waals surface area contributed by atoms with E-state index in [1.807, 2.05) is 0 Å². The zero-order valence-electron chi connectivity index (χ0n) is 11.6. The van der Waals surface area contributed by atoms with Gasteiger partial charge in [-0.25, -0.2) is 0 Å². The fourth-order valence-corrected chi connectivity index (χ4v) is 3.60. The first-order chi connectivity index (χ1) is 7.28. The normalized spacial score (nSPS) is 26.6. The minimum Gasteiger partial charge on any atom is -0.395 e. The van der Waals surface area contributed by atoms with Gasteiger partial charge < -0.3 is 10.4 Å². The average molecular weight is 227 g/mol. The Bertz CT molecular complexity index is 203. The second-order valence-electron chi connectivity index (χ2n) is 7.06. The Labute approximate surface area is 101 Å². The highest BCUT2D eigenvalue weighted by atomic mass is 16.3. The highest BCUT2D eigenvalue weighted by Crippen LogP contribution is 2.45. The summed E-state index contributed by atoms with van der Waals surface area (Å²) in [4.78, 5) is 0. The predicted molar refractivity (Wildman–Crippen MR) is 69.5 cm³/mol. The van der Waals surface area contributed by atoms with E-state index in [-0.39, 0.29) is 12.6 Å². The molecule has 1 atom stereocenters. The van der Waals surface area contributed by atoms with Crippen LogP contribution in [-0.2, 0) is 0 Å². The third kappa shape index (κ3) is 4.06. The van der Waals surface area contributed by atoms with Gasteiger partial charge in [0.2, 0.25) is 0 Å². The highest BCUT2D eigenvalue weighted by Gasteiger charge is 2.38. The van der Waals surface area contributed by atoms with Crippen molar-refractivity contribution in [3.8, 4) is 0 Å². The highest BCUT2D eigenvalue weighted by molar-refractivity contribution is 4.93. The fourth-order valence-electron chi connectivity index (χ4n) is 3.60. The summed E-state index contributed by atoms with van der Waals surface area (Å²) in [6, 6.07) is 0.838. The van der Waals surface area contributed by atoms with Crippen molar-refractivity contribution < 1.29 is 5.11 Å². The van der Waals surface area contributed by atoms with Crippen LogP contribution in [0.2, 0.25) is 0 Å². The van der Waals surface area contributed by atoms with E-state index in [9.17, 15) is 5.11 Å². The summed E-state index contributed by atoms with van der Waals surface area (Å²) < 4.78 is 0. The van der Waals surface area contributed by atoms with Crippen LogP contribution in [0.1, 0.15) is 60.3 Å². The number of nitrogens with one attached hydrogen (secondary N) is 1. The lowest BCUT2D eigenvalue weighted by Crippen LogP contribution is -2.48. The summed E-state index contributed by atoms with van der Waals surface area (Å²) in [5.74, 6) is 0. The van der Waals surface area contributed by atoms with Crippen molar-refractivity contribution >= 4 is 0 Å². The maximum absolute atomic E-state index is 9.25. The molecule has 1 saturated carbocycles. The third-order valence-corrected chi connectivity index (χ3v) is 3.74. The second-order valence-corrected chi connectivity index (χ2v) is 7.06. The first-order valence-corrected chi connectivity index (χ1v) is 6.65. The largest absolute Gasteiger partial charge is 0.395 e. The van der Waals surface area contributed by atoms with Crippen molar-refractivity contribution in [1.82, 2.24) is 5.32 Å². The Balaban J connectivity index is 2.60. The molecule has 1 rings (SSSR count). The van der Waals surface area contributed by atoms with Gasteiger partial charge in [0.1, 0.15) is 0 Å². The summed E-state index contributed by atoms with van der Waals surface area (Å²) in [5, 5.41) is 12.9. The van der Waals surface area contributed by atoms with E-state index in [0.717, 1.165) is 6.42 Å². The van der Waals surface area contributed by atoms with E-state index in [1.54, 1.807) is 0 Å². The van der Waals surface area contributed by atoms with Gasteiger partial charge in [-0.15, -0.1) is 0 Å². The zero-order chi connectivity index (χ0) is 12.4. The smallest absolute Gasteiger partial charge is 0.0584 e. The van der Waals surface area contributed by atoms with Gasteiger partial charge in [-0.1, -0.05) is 34.6 Å². The minimum atomic E-state index is 0.258. The van der Waals surface area contributed by atoms with Gasteiger partial charge in [0.15, 0.2) is 0 Å². The van der Waals surface area contributed by atoms with E-state index in [0.29, 0.717) is 16.9 Å². The van der Waals surface area contributed by atoms with Crippen molar-refractivity contribution in [2.45, 2.75) is 72.4 Å². The number of aliphatic hydroxyl groups excluding tert-OH is 1. The number of aliphatic hydroxyl groups is 1. The Morgan fingerprint density at radius 1 is 1.19 bits per heavy atom. The predicted octanol–water partition coefficient (Wildman–Crippen LogP) is 2.95. The Morgan fingerprint density at radius 2 is 1.69 bits per heavy atom. The molecule has 2 nitrogen and oxygen atoms in total. The molecular formula is C14H29NO. The van der Waals surface area contributed by atoms with E-state index >= 15 is 0 Å². The molecule has 2 N–H and O–H groups in total. The molecule has 0 bridgehead atoms. The molecule has 0 aromatic rings. The zero-order valence-corrected chi connectivity index (χ0v) is 11.6. The van der Waals surface area contributed by atoms with E-state index in [1.165, 1.54) is 19.3 Å². The quantitative estimate of drug-likeness (QED) is 0.774. The molecule has 0 aromatic carbocycles. The van der Waals surface area contributed by atoms with Crippen molar-refractivity contribution in [3.63, 3.8) is 0 Å². The Hall–Kier alpha value is -0.0800. The standard InChI is InChI=1S/C14H29NO/c1-6-11(9-16)15-12-7-13(2,3)10-14(4,5)8-12/h11-12,15-16H,6-10H2,1-5H3/t11-/m1/s1. The Kier molecular flexibility index (Phi) is 4.42. The molecule has 0 amide bonds. The molecule has 0 spiro atoms. The van der Waals surface area contributed by atoms with Crippen LogP contribution in [0.25, 0.3) is 0 Å². The molecule has 0 radical (unpaired) electrons. The van der Waals surface area contributed by atoms with E-state index in [2.05, 4.69) is 39.9 Å². The Morgan fingerprint density at radius 3 is 2.06 bits per heavy atom. The fraction of sp³-hybridized carbons (Fsp3) is 1.00. The van der Waals surface area contributed by atoms with Crippen LogP contribution in [0.5, 0.6) is 0 Å². The van der Waals surface area contributed by atoms with Crippen LogP contribution in [-0.4, -0.2) is 23.8 Å². The second kappa shape index (κ2) is 5.05. The van der Waals surface area contributed by atoms with Crippen LogP contribution in [0, 0.1) is 10.8 Å². The van der Waals surface area contributed by atoms with Crippen molar-refractivity contribution in [2.24, 2.45) is 10.8 Å². The van der Waals surface area contributed by atoms with Crippen molar-refractivity contribution in [1.29, 1.82) is 0 Å². The lowest BCUT2D eigenvalue weighted by atomic mass is 9.63.